The Morgan fingerprint density at radius 1 is 1.28 bits per heavy atom. The summed E-state index contributed by atoms with van der Waals surface area (Å²) < 4.78 is 39.3. The minimum atomic E-state index is -4.80. The number of hydrogen-bond acceptors (Lipinski definition) is 11. The first kappa shape index (κ1) is 22.7. The predicted octanol–water partition coefficient (Wildman–Crippen LogP) is -0.691. The maximum Gasteiger partial charge on any atom is 0.466 e. The zero-order chi connectivity index (χ0) is 19.0. The molecule has 0 aromatic heterocycles. The van der Waals surface area contributed by atoms with Gasteiger partial charge >= 0.3 is 10.4 Å². The molecule has 1 aliphatic heterocycles. The monoisotopic (exact) mass is 419 g/mol. The second kappa shape index (κ2) is 10.7. The number of nitrogens with zero attached hydrogens (tertiary/aromatic N) is 1. The van der Waals surface area contributed by atoms with Crippen molar-refractivity contribution in [1.82, 2.24) is 0 Å². The van der Waals surface area contributed by atoms with Gasteiger partial charge in [-0.25, -0.2) is 4.28 Å². The number of ether oxygens (including phenoxy) is 1. The highest BCUT2D eigenvalue weighted by Crippen LogP contribution is 2.30. The molecule has 10 nitrogen and oxygen atoms in total. The standard InChI is InChI=1S/C12H21NO9S3/c1-23-5-3-2-4-8(13-22-25(18,19)20)24-12-11(17)10(16)9(15)7(6-14)21-12/h3,5,7,9-12,14-17H,2,4,6H2,1H3,(H,18,19,20)/b5-3+,13-8-/t7-,9-,10+,11+,12+/m0/s1. The van der Waals surface area contributed by atoms with E-state index in [9.17, 15) is 23.7 Å². The van der Waals surface area contributed by atoms with Crippen LogP contribution in [0.5, 0.6) is 0 Å². The van der Waals surface area contributed by atoms with Crippen LogP contribution >= 0.6 is 23.5 Å². The summed E-state index contributed by atoms with van der Waals surface area (Å²) in [6, 6.07) is 0. The van der Waals surface area contributed by atoms with Crippen LogP contribution in [-0.4, -0.2) is 81.2 Å². The lowest BCUT2D eigenvalue weighted by Gasteiger charge is -2.39. The van der Waals surface area contributed by atoms with Crippen LogP contribution < -0.4 is 0 Å². The molecule has 1 heterocycles. The van der Waals surface area contributed by atoms with Crippen molar-refractivity contribution in [2.75, 3.05) is 12.9 Å². The Morgan fingerprint density at radius 3 is 2.52 bits per heavy atom. The Balaban J connectivity index is 2.85. The average Bonchev–Trinajstić information content (AvgIpc) is 2.55. The summed E-state index contributed by atoms with van der Waals surface area (Å²) in [6.45, 7) is -0.591. The molecule has 5 N–H and O–H groups in total. The molecular weight excluding hydrogens is 398 g/mol. The van der Waals surface area contributed by atoms with Crippen LogP contribution in [0.4, 0.5) is 0 Å². The first-order valence-electron chi connectivity index (χ1n) is 7.07. The molecule has 0 radical (unpaired) electrons. The van der Waals surface area contributed by atoms with Crippen LogP contribution in [0.3, 0.4) is 0 Å². The molecule has 0 aromatic rings. The molecular formula is C12H21NO9S3. The molecule has 1 aliphatic rings. The van der Waals surface area contributed by atoms with Gasteiger partial charge in [0.15, 0.2) is 0 Å². The first-order chi connectivity index (χ1) is 11.7. The third kappa shape index (κ3) is 7.80. The van der Waals surface area contributed by atoms with Crippen molar-refractivity contribution in [3.8, 4) is 0 Å². The Morgan fingerprint density at radius 2 is 1.96 bits per heavy atom. The summed E-state index contributed by atoms with van der Waals surface area (Å²) in [7, 11) is -4.80. The van der Waals surface area contributed by atoms with Gasteiger partial charge < -0.3 is 25.2 Å². The molecule has 1 fully saturated rings. The first-order valence-corrected chi connectivity index (χ1v) is 10.6. The van der Waals surface area contributed by atoms with E-state index in [1.165, 1.54) is 11.8 Å². The van der Waals surface area contributed by atoms with Gasteiger partial charge in [0.25, 0.3) is 0 Å². The lowest BCUT2D eigenvalue weighted by Crippen LogP contribution is -2.57. The molecule has 1 rings (SSSR count). The minimum absolute atomic E-state index is 0.0627. The highest BCUT2D eigenvalue weighted by Gasteiger charge is 2.44. The van der Waals surface area contributed by atoms with E-state index in [2.05, 4.69) is 9.44 Å². The third-order valence-electron chi connectivity index (χ3n) is 3.09. The van der Waals surface area contributed by atoms with Crippen LogP contribution in [0.15, 0.2) is 16.6 Å². The van der Waals surface area contributed by atoms with Crippen LogP contribution in [0.2, 0.25) is 0 Å². The van der Waals surface area contributed by atoms with E-state index < -0.39 is 46.9 Å². The van der Waals surface area contributed by atoms with Gasteiger partial charge in [0.1, 0.15) is 34.9 Å². The van der Waals surface area contributed by atoms with Crippen molar-refractivity contribution in [1.29, 1.82) is 0 Å². The van der Waals surface area contributed by atoms with Crippen LogP contribution in [-0.2, 0) is 19.4 Å². The van der Waals surface area contributed by atoms with Crippen LogP contribution in [0.1, 0.15) is 12.8 Å². The topological polar surface area (TPSA) is 166 Å². The summed E-state index contributed by atoms with van der Waals surface area (Å²) in [5, 5.41) is 43.8. The van der Waals surface area contributed by atoms with E-state index in [4.69, 9.17) is 14.4 Å². The molecule has 5 atom stereocenters. The lowest BCUT2D eigenvalue weighted by atomic mass is 10.0. The van der Waals surface area contributed by atoms with Gasteiger partial charge in [-0.3, -0.25) is 4.55 Å². The van der Waals surface area contributed by atoms with Gasteiger partial charge in [-0.05, 0) is 18.1 Å². The Bertz CT molecular complexity index is 566. The zero-order valence-corrected chi connectivity index (χ0v) is 15.7. The number of rotatable bonds is 8. The summed E-state index contributed by atoms with van der Waals surface area (Å²) in [6.07, 6.45) is -1.38. The van der Waals surface area contributed by atoms with Gasteiger partial charge in [-0.15, -0.1) is 11.8 Å². The molecule has 0 aliphatic carbocycles. The molecule has 0 spiro atoms. The number of allylic oxidation sites excluding steroid dienone is 1. The van der Waals surface area contributed by atoms with Crippen molar-refractivity contribution in [2.24, 2.45) is 5.16 Å². The largest absolute Gasteiger partial charge is 0.466 e. The number of thioether (sulfide) groups is 2. The van der Waals surface area contributed by atoms with Crippen LogP contribution in [0, 0.1) is 0 Å². The van der Waals surface area contributed by atoms with E-state index in [-0.39, 0.29) is 11.5 Å². The van der Waals surface area contributed by atoms with Crippen LogP contribution in [0.25, 0.3) is 0 Å². The molecule has 0 bridgehead atoms. The summed E-state index contributed by atoms with van der Waals surface area (Å²) in [5.41, 5.74) is -1.14. The van der Waals surface area contributed by atoms with Crippen molar-refractivity contribution in [3.05, 3.63) is 11.5 Å². The highest BCUT2D eigenvalue weighted by atomic mass is 32.3. The van der Waals surface area contributed by atoms with Gasteiger partial charge in [0.05, 0.1) is 6.61 Å². The Labute approximate surface area is 153 Å². The summed E-state index contributed by atoms with van der Waals surface area (Å²) in [4.78, 5) is 0. The minimum Gasteiger partial charge on any atom is -0.394 e. The fourth-order valence-corrected chi connectivity index (χ4v) is 3.53. The van der Waals surface area contributed by atoms with Gasteiger partial charge in [0, 0.05) is 6.42 Å². The predicted molar refractivity (Wildman–Crippen MR) is 93.3 cm³/mol. The number of aliphatic hydroxyl groups excluding tert-OH is 4. The summed E-state index contributed by atoms with van der Waals surface area (Å²) >= 11 is 2.21. The second-order valence-electron chi connectivity index (χ2n) is 4.95. The average molecular weight is 419 g/mol. The molecule has 0 aromatic carbocycles. The Kier molecular flexibility index (Phi) is 9.69. The molecule has 1 saturated heterocycles. The number of oxime groups is 1. The normalized spacial score (nSPS) is 31.4. The molecule has 146 valence electrons. The van der Waals surface area contributed by atoms with E-state index in [1.807, 2.05) is 6.26 Å². The Hall–Kier alpha value is -0.380. The van der Waals surface area contributed by atoms with E-state index in [1.54, 1.807) is 11.5 Å². The molecule has 0 saturated carbocycles. The number of aliphatic hydroxyl groups is 4. The van der Waals surface area contributed by atoms with Crippen molar-refractivity contribution >= 4 is 39.0 Å². The van der Waals surface area contributed by atoms with E-state index in [0.717, 1.165) is 11.8 Å². The number of hydrogen-bond donors (Lipinski definition) is 5. The summed E-state index contributed by atoms with van der Waals surface area (Å²) in [5.74, 6) is 0. The smallest absolute Gasteiger partial charge is 0.394 e. The second-order valence-corrected chi connectivity index (χ2v) is 7.87. The zero-order valence-electron chi connectivity index (χ0n) is 13.2. The fraction of sp³-hybridized carbons (Fsp3) is 0.750. The maximum atomic E-state index is 10.7. The maximum absolute atomic E-state index is 10.7. The SMILES string of the molecule is CS/C=C/CC/C(=N/OS(=O)(=O)O)S[C@H]1O[C@@H](CO)[C@H](O)[C@@H](O)[C@H]1O. The fourth-order valence-electron chi connectivity index (χ4n) is 1.88. The molecule has 0 unspecified atom stereocenters. The molecule has 13 heteroatoms. The van der Waals surface area contributed by atoms with Crippen molar-refractivity contribution in [3.63, 3.8) is 0 Å². The van der Waals surface area contributed by atoms with Crippen molar-refractivity contribution < 1.29 is 42.4 Å². The molecule has 0 amide bonds. The molecule has 25 heavy (non-hydrogen) atoms. The van der Waals surface area contributed by atoms with E-state index in [0.29, 0.717) is 6.42 Å². The van der Waals surface area contributed by atoms with Gasteiger partial charge in [-0.1, -0.05) is 23.0 Å². The lowest BCUT2D eigenvalue weighted by molar-refractivity contribution is -0.205. The highest BCUT2D eigenvalue weighted by molar-refractivity contribution is 8.14. The quantitative estimate of drug-likeness (QED) is 0.146. The van der Waals surface area contributed by atoms with Crippen molar-refractivity contribution in [2.45, 2.75) is 42.7 Å². The van der Waals surface area contributed by atoms with Gasteiger partial charge in [-0.2, -0.15) is 8.42 Å². The van der Waals surface area contributed by atoms with E-state index >= 15 is 0 Å². The third-order valence-corrected chi connectivity index (χ3v) is 4.99. The van der Waals surface area contributed by atoms with Gasteiger partial charge in [0.2, 0.25) is 0 Å².